The van der Waals surface area contributed by atoms with Gasteiger partial charge in [0.25, 0.3) is 11.6 Å². The summed E-state index contributed by atoms with van der Waals surface area (Å²) in [5, 5.41) is 23.2. The number of nitrogens with one attached hydrogen (secondary N) is 1. The maximum absolute atomic E-state index is 13.2. The van der Waals surface area contributed by atoms with Crippen LogP contribution in [0.15, 0.2) is 59.1 Å². The molecule has 0 saturated carbocycles. The molecular weight excluding hydrogens is 428 g/mol. The molecule has 2 amide bonds. The lowest BCUT2D eigenvalue weighted by molar-refractivity contribution is -0.385. The van der Waals surface area contributed by atoms with E-state index in [0.717, 1.165) is 11.8 Å². The summed E-state index contributed by atoms with van der Waals surface area (Å²) in [7, 11) is 1.39. The minimum atomic E-state index is -0.746. The number of benzene rings is 2. The van der Waals surface area contributed by atoms with Gasteiger partial charge in [-0.1, -0.05) is 41.6 Å². The Labute approximate surface area is 181 Å². The van der Waals surface area contributed by atoms with Crippen LogP contribution in [0.3, 0.4) is 0 Å². The molecule has 0 unspecified atom stereocenters. The van der Waals surface area contributed by atoms with Crippen LogP contribution in [0.5, 0.6) is 0 Å². The molecule has 0 radical (unpaired) electrons. The molecule has 8 nitrogen and oxygen atoms in total. The first kappa shape index (κ1) is 21.4. The highest BCUT2D eigenvalue weighted by Crippen LogP contribution is 2.42. The molecule has 1 aliphatic heterocycles. The van der Waals surface area contributed by atoms with Crippen LogP contribution < -0.4 is 10.2 Å². The van der Waals surface area contributed by atoms with Crippen LogP contribution in [-0.2, 0) is 16.0 Å². The summed E-state index contributed by atoms with van der Waals surface area (Å²) in [5.41, 5.74) is 0.529. The van der Waals surface area contributed by atoms with Gasteiger partial charge in [0.15, 0.2) is 0 Å². The Morgan fingerprint density at radius 3 is 2.57 bits per heavy atom. The largest absolute Gasteiger partial charge is 0.354 e. The molecule has 3 rings (SSSR count). The Bertz CT molecular complexity index is 1090. The Morgan fingerprint density at radius 1 is 1.30 bits per heavy atom. The molecular formula is C20H15ClN4O4S. The molecule has 0 spiro atoms. The molecule has 2 aromatic rings. The minimum absolute atomic E-state index is 0.0701. The van der Waals surface area contributed by atoms with Gasteiger partial charge < -0.3 is 5.32 Å². The number of carbonyl (C=O) groups excluding carboxylic acids is 2. The average molecular weight is 443 g/mol. The number of hydrogen-bond donors (Lipinski definition) is 1. The number of hydrogen-bond acceptors (Lipinski definition) is 6. The Kier molecular flexibility index (Phi) is 6.40. The van der Waals surface area contributed by atoms with E-state index < -0.39 is 16.1 Å². The van der Waals surface area contributed by atoms with Gasteiger partial charge in [-0.3, -0.25) is 24.6 Å². The van der Waals surface area contributed by atoms with Crippen molar-refractivity contribution in [3.63, 3.8) is 0 Å². The quantitative estimate of drug-likeness (QED) is 0.328. The predicted octanol–water partition coefficient (Wildman–Crippen LogP) is 3.42. The zero-order valence-corrected chi connectivity index (χ0v) is 17.2. The number of halogens is 1. The number of carbonyl (C=O) groups is 2. The molecule has 10 heteroatoms. The van der Waals surface area contributed by atoms with Crippen LogP contribution in [0.1, 0.15) is 5.56 Å². The smallest absolute Gasteiger partial charge is 0.272 e. The molecule has 0 bridgehead atoms. The van der Waals surface area contributed by atoms with Crippen molar-refractivity contribution in [3.05, 3.63) is 79.8 Å². The highest BCUT2D eigenvalue weighted by molar-refractivity contribution is 8.05. The molecule has 1 atom stereocenters. The molecule has 1 aliphatic rings. The van der Waals surface area contributed by atoms with Gasteiger partial charge >= 0.3 is 0 Å². The lowest BCUT2D eigenvalue weighted by Crippen LogP contribution is -2.31. The van der Waals surface area contributed by atoms with Gasteiger partial charge in [0.1, 0.15) is 16.7 Å². The number of para-hydroxylation sites is 1. The van der Waals surface area contributed by atoms with Crippen LogP contribution >= 0.6 is 23.4 Å². The average Bonchev–Trinajstić information content (AvgIpc) is 3.05. The normalized spacial score (nSPS) is 17.4. The monoisotopic (exact) mass is 442 g/mol. The van der Waals surface area contributed by atoms with Crippen LogP contribution in [0.25, 0.3) is 0 Å². The first-order valence-electron chi connectivity index (χ1n) is 8.72. The van der Waals surface area contributed by atoms with Crippen LogP contribution in [0.2, 0.25) is 5.02 Å². The highest BCUT2D eigenvalue weighted by Gasteiger charge is 2.41. The molecule has 1 N–H and O–H groups in total. The number of nitriles is 1. The molecule has 0 aromatic heterocycles. The minimum Gasteiger partial charge on any atom is -0.354 e. The molecule has 30 heavy (non-hydrogen) atoms. The van der Waals surface area contributed by atoms with Gasteiger partial charge in [-0.05, 0) is 24.3 Å². The Balaban J connectivity index is 2.07. The van der Waals surface area contributed by atoms with Crippen LogP contribution in [-0.4, -0.2) is 29.0 Å². The fraction of sp³-hybridized carbons (Fsp3) is 0.150. The number of nitro groups is 1. The van der Waals surface area contributed by atoms with Crippen molar-refractivity contribution in [2.24, 2.45) is 0 Å². The molecule has 1 saturated heterocycles. The van der Waals surface area contributed by atoms with Gasteiger partial charge in [-0.2, -0.15) is 5.26 Å². The van der Waals surface area contributed by atoms with E-state index >= 15 is 0 Å². The zero-order valence-electron chi connectivity index (χ0n) is 15.7. The van der Waals surface area contributed by atoms with Crippen molar-refractivity contribution in [2.75, 3.05) is 11.9 Å². The molecule has 1 heterocycles. The third-order valence-electron chi connectivity index (χ3n) is 4.41. The number of anilines is 1. The fourth-order valence-corrected chi connectivity index (χ4v) is 4.42. The van der Waals surface area contributed by atoms with E-state index in [0.29, 0.717) is 16.3 Å². The van der Waals surface area contributed by atoms with Crippen LogP contribution in [0.4, 0.5) is 11.4 Å². The van der Waals surface area contributed by atoms with Gasteiger partial charge in [0.2, 0.25) is 5.91 Å². The zero-order chi connectivity index (χ0) is 21.8. The molecule has 0 aliphatic carbocycles. The fourth-order valence-electron chi connectivity index (χ4n) is 3.00. The second-order valence-electron chi connectivity index (χ2n) is 6.22. The Hall–Kier alpha value is -3.35. The number of likely N-dealkylation sites (N-methyl/N-ethyl adjacent to an activating group) is 1. The third-order valence-corrected chi connectivity index (χ3v) is 5.93. The van der Waals surface area contributed by atoms with E-state index in [1.165, 1.54) is 18.0 Å². The van der Waals surface area contributed by atoms with Crippen molar-refractivity contribution in [3.8, 4) is 6.07 Å². The van der Waals surface area contributed by atoms with E-state index in [-0.39, 0.29) is 28.6 Å². The number of nitrogens with zero attached hydrogens (tertiary/aromatic N) is 3. The van der Waals surface area contributed by atoms with E-state index in [9.17, 15) is 25.0 Å². The summed E-state index contributed by atoms with van der Waals surface area (Å²) in [6.45, 7) is 0. The summed E-state index contributed by atoms with van der Waals surface area (Å²) in [6.07, 6.45) is 0.0701. The summed E-state index contributed by atoms with van der Waals surface area (Å²) in [4.78, 5) is 37.6. The topological polar surface area (TPSA) is 116 Å². The van der Waals surface area contributed by atoms with Gasteiger partial charge in [0, 0.05) is 35.8 Å². The molecule has 1 fully saturated rings. The maximum atomic E-state index is 13.2. The van der Waals surface area contributed by atoms with Crippen molar-refractivity contribution in [1.29, 1.82) is 5.26 Å². The number of rotatable bonds is 5. The molecule has 152 valence electrons. The number of nitro benzene ring substituents is 1. The third kappa shape index (κ3) is 4.15. The highest BCUT2D eigenvalue weighted by atomic mass is 35.5. The van der Waals surface area contributed by atoms with E-state index in [1.807, 2.05) is 6.07 Å². The summed E-state index contributed by atoms with van der Waals surface area (Å²) < 4.78 is 0. The van der Waals surface area contributed by atoms with Crippen molar-refractivity contribution in [1.82, 2.24) is 5.32 Å². The van der Waals surface area contributed by atoms with Crippen molar-refractivity contribution >= 4 is 46.6 Å². The predicted molar refractivity (Wildman–Crippen MR) is 114 cm³/mol. The summed E-state index contributed by atoms with van der Waals surface area (Å²) in [6, 6.07) is 14.4. The first-order valence-corrected chi connectivity index (χ1v) is 9.98. The van der Waals surface area contributed by atoms with Crippen molar-refractivity contribution in [2.45, 2.75) is 11.7 Å². The Morgan fingerprint density at radius 2 is 1.97 bits per heavy atom. The van der Waals surface area contributed by atoms with E-state index in [2.05, 4.69) is 5.32 Å². The van der Waals surface area contributed by atoms with Gasteiger partial charge in [0.05, 0.1) is 10.2 Å². The van der Waals surface area contributed by atoms with Gasteiger partial charge in [-0.15, -0.1) is 0 Å². The summed E-state index contributed by atoms with van der Waals surface area (Å²) >= 11 is 6.97. The second kappa shape index (κ2) is 8.98. The van der Waals surface area contributed by atoms with Gasteiger partial charge in [-0.25, -0.2) is 0 Å². The first-order chi connectivity index (χ1) is 14.4. The van der Waals surface area contributed by atoms with E-state index in [1.54, 1.807) is 42.5 Å². The lowest BCUT2D eigenvalue weighted by Gasteiger charge is -2.18. The second-order valence-corrected chi connectivity index (χ2v) is 7.85. The van der Waals surface area contributed by atoms with E-state index in [4.69, 9.17) is 11.6 Å². The van der Waals surface area contributed by atoms with Crippen molar-refractivity contribution < 1.29 is 14.5 Å². The number of thioether (sulfide) groups is 1. The van der Waals surface area contributed by atoms with Crippen LogP contribution in [0, 0.1) is 21.4 Å². The maximum Gasteiger partial charge on any atom is 0.272 e. The SMILES string of the molecule is CNC(=O)/C(C#N)=C1\S[C@@H](Cc2ccccc2[N+](=O)[O-])C(=O)N1c1ccc(Cl)cc1. The number of amides is 2. The standard InChI is InChI=1S/C20H15ClN4O4S/c1-23-18(26)15(11-22)20-24(14-8-6-13(21)7-9-14)19(27)17(30-20)10-12-4-2-3-5-16(12)25(28)29/h2-9,17H,10H2,1H3,(H,23,26)/b20-15-/t17-/m0/s1. The molecule has 2 aromatic carbocycles. The lowest BCUT2D eigenvalue weighted by atomic mass is 10.1. The summed E-state index contributed by atoms with van der Waals surface area (Å²) in [5.74, 6) is -1.01.